The summed E-state index contributed by atoms with van der Waals surface area (Å²) >= 11 is 0.683. The quantitative estimate of drug-likeness (QED) is 0.768. The van der Waals surface area contributed by atoms with Crippen molar-refractivity contribution in [2.45, 2.75) is 28.5 Å². The summed E-state index contributed by atoms with van der Waals surface area (Å²) in [7, 11) is -3.52. The molecule has 1 fully saturated rings. The second-order valence-electron chi connectivity index (χ2n) is 4.19. The molecule has 0 aliphatic heterocycles. The standard InChI is InChI=1S/C9H12F3N3O2S3/c10-9(11,12)18-4-3-14-8-6(7(13)15-19-8)20(16,17)5-1-2-5/h5,14H,1-4H2,(H2,13,15). The van der Waals surface area contributed by atoms with Gasteiger partial charge in [0.2, 0.25) is 0 Å². The van der Waals surface area contributed by atoms with Crippen LogP contribution in [0.4, 0.5) is 24.0 Å². The van der Waals surface area contributed by atoms with Crippen LogP contribution < -0.4 is 11.1 Å². The van der Waals surface area contributed by atoms with Gasteiger partial charge in [-0.25, -0.2) is 8.42 Å². The first kappa shape index (κ1) is 15.7. The number of aromatic nitrogens is 1. The molecular formula is C9H12F3N3O2S3. The third-order valence-electron chi connectivity index (χ3n) is 2.58. The molecular weight excluding hydrogens is 335 g/mol. The predicted molar refractivity (Wildman–Crippen MR) is 73.7 cm³/mol. The highest BCUT2D eigenvalue weighted by Gasteiger charge is 2.40. The molecule has 0 amide bonds. The number of nitrogens with one attached hydrogen (secondary N) is 1. The van der Waals surface area contributed by atoms with E-state index in [9.17, 15) is 21.6 Å². The maximum atomic E-state index is 12.2. The Morgan fingerprint density at radius 1 is 1.45 bits per heavy atom. The first-order chi connectivity index (χ1) is 9.22. The minimum Gasteiger partial charge on any atom is -0.382 e. The van der Waals surface area contributed by atoms with E-state index in [1.165, 1.54) is 0 Å². The number of hydrogen-bond acceptors (Lipinski definition) is 7. The van der Waals surface area contributed by atoms with Crippen LogP contribution in [0.3, 0.4) is 0 Å². The van der Waals surface area contributed by atoms with Crippen molar-refractivity contribution < 1.29 is 21.6 Å². The lowest BCUT2D eigenvalue weighted by Gasteiger charge is -2.08. The molecule has 1 aliphatic carbocycles. The maximum Gasteiger partial charge on any atom is 0.441 e. The van der Waals surface area contributed by atoms with Gasteiger partial charge in [0.1, 0.15) is 9.90 Å². The minimum absolute atomic E-state index is 0.0149. The molecule has 20 heavy (non-hydrogen) atoms. The first-order valence-electron chi connectivity index (χ1n) is 5.65. The Hall–Kier alpha value is -0.680. The normalized spacial score (nSPS) is 16.4. The summed E-state index contributed by atoms with van der Waals surface area (Å²) in [5.74, 6) is -0.308. The van der Waals surface area contributed by atoms with Crippen molar-refractivity contribution in [1.29, 1.82) is 0 Å². The lowest BCUT2D eigenvalue weighted by molar-refractivity contribution is -0.0327. The van der Waals surface area contributed by atoms with Crippen LogP contribution in [0.15, 0.2) is 4.90 Å². The van der Waals surface area contributed by atoms with Gasteiger partial charge in [0, 0.05) is 12.3 Å². The summed E-state index contributed by atoms with van der Waals surface area (Å²) in [4.78, 5) is -0.0676. The fourth-order valence-corrected chi connectivity index (χ4v) is 4.90. The van der Waals surface area contributed by atoms with Crippen LogP contribution in [0.5, 0.6) is 0 Å². The zero-order chi connectivity index (χ0) is 15.0. The van der Waals surface area contributed by atoms with Gasteiger partial charge in [0.15, 0.2) is 15.7 Å². The third kappa shape index (κ3) is 3.70. The average Bonchev–Trinajstić information content (AvgIpc) is 3.09. The zero-order valence-corrected chi connectivity index (χ0v) is 12.6. The maximum absolute atomic E-state index is 12.2. The number of sulfone groups is 1. The summed E-state index contributed by atoms with van der Waals surface area (Å²) in [5.41, 5.74) is 1.27. The number of halogens is 3. The SMILES string of the molecule is Nc1nsc(NCCSC(F)(F)F)c1S(=O)(=O)C1CC1. The Labute approximate surface area is 122 Å². The Morgan fingerprint density at radius 3 is 2.65 bits per heavy atom. The van der Waals surface area contributed by atoms with Crippen molar-refractivity contribution >= 4 is 44.0 Å². The lowest BCUT2D eigenvalue weighted by Crippen LogP contribution is -2.13. The molecule has 0 saturated heterocycles. The van der Waals surface area contributed by atoms with Gasteiger partial charge in [-0.15, -0.1) is 0 Å². The monoisotopic (exact) mass is 347 g/mol. The number of alkyl halides is 3. The molecule has 0 spiro atoms. The van der Waals surface area contributed by atoms with Crippen molar-refractivity contribution in [3.63, 3.8) is 0 Å². The molecule has 1 saturated carbocycles. The summed E-state index contributed by atoms with van der Waals surface area (Å²) in [6, 6.07) is 0. The number of thioether (sulfide) groups is 1. The summed E-state index contributed by atoms with van der Waals surface area (Å²) in [6.45, 7) is -0.0149. The van der Waals surface area contributed by atoms with Gasteiger partial charge in [0.25, 0.3) is 0 Å². The van der Waals surface area contributed by atoms with Gasteiger partial charge < -0.3 is 11.1 Å². The molecule has 1 aliphatic rings. The second kappa shape index (κ2) is 5.60. The highest BCUT2D eigenvalue weighted by molar-refractivity contribution is 8.00. The van der Waals surface area contributed by atoms with Crippen LogP contribution in [0.2, 0.25) is 0 Å². The number of rotatable bonds is 6. The van der Waals surface area contributed by atoms with E-state index in [1.54, 1.807) is 0 Å². The van der Waals surface area contributed by atoms with E-state index in [-0.39, 0.29) is 39.8 Å². The molecule has 11 heteroatoms. The van der Waals surface area contributed by atoms with Crippen molar-refractivity contribution in [2.75, 3.05) is 23.3 Å². The van der Waals surface area contributed by atoms with Crippen molar-refractivity contribution in [3.05, 3.63) is 0 Å². The molecule has 0 atom stereocenters. The van der Waals surface area contributed by atoms with Crippen LogP contribution in [0.1, 0.15) is 12.8 Å². The van der Waals surface area contributed by atoms with E-state index in [0.29, 0.717) is 12.8 Å². The Balaban J connectivity index is 2.03. The fraction of sp³-hybridized carbons (Fsp3) is 0.667. The highest BCUT2D eigenvalue weighted by Crippen LogP contribution is 2.41. The molecule has 0 radical (unpaired) electrons. The summed E-state index contributed by atoms with van der Waals surface area (Å²) in [6.07, 6.45) is 1.17. The molecule has 5 nitrogen and oxygen atoms in total. The molecule has 0 bridgehead atoms. The van der Waals surface area contributed by atoms with Gasteiger partial charge in [-0.3, -0.25) is 0 Å². The van der Waals surface area contributed by atoms with Crippen LogP contribution in [-0.2, 0) is 9.84 Å². The summed E-state index contributed by atoms with van der Waals surface area (Å²) in [5, 5.41) is 2.45. The topological polar surface area (TPSA) is 85.1 Å². The van der Waals surface area contributed by atoms with E-state index in [2.05, 4.69) is 9.69 Å². The van der Waals surface area contributed by atoms with E-state index < -0.39 is 20.6 Å². The van der Waals surface area contributed by atoms with E-state index >= 15 is 0 Å². The molecule has 0 unspecified atom stereocenters. The summed E-state index contributed by atoms with van der Waals surface area (Å²) < 4.78 is 64.0. The van der Waals surface area contributed by atoms with Gasteiger partial charge in [-0.2, -0.15) is 17.5 Å². The molecule has 114 valence electrons. The Kier molecular flexibility index (Phi) is 4.40. The number of hydrogen-bond donors (Lipinski definition) is 2. The van der Waals surface area contributed by atoms with Crippen LogP contribution in [0.25, 0.3) is 0 Å². The number of nitrogen functional groups attached to an aromatic ring is 1. The average molecular weight is 347 g/mol. The van der Waals surface area contributed by atoms with E-state index in [0.717, 1.165) is 11.5 Å². The largest absolute Gasteiger partial charge is 0.441 e. The number of nitrogens with zero attached hydrogens (tertiary/aromatic N) is 1. The first-order valence-corrected chi connectivity index (χ1v) is 8.96. The highest BCUT2D eigenvalue weighted by atomic mass is 32.2. The third-order valence-corrected chi connectivity index (χ3v) is 6.59. The van der Waals surface area contributed by atoms with Gasteiger partial charge >= 0.3 is 5.51 Å². The Bertz CT molecular complexity index is 581. The molecule has 0 aromatic carbocycles. The van der Waals surface area contributed by atoms with Crippen LogP contribution in [-0.4, -0.2) is 35.8 Å². The molecule has 1 aromatic rings. The second-order valence-corrected chi connectivity index (χ2v) is 8.29. The van der Waals surface area contributed by atoms with Gasteiger partial charge in [-0.05, 0) is 36.1 Å². The van der Waals surface area contributed by atoms with Gasteiger partial charge in [-0.1, -0.05) is 0 Å². The predicted octanol–water partition coefficient (Wildman–Crippen LogP) is 2.33. The van der Waals surface area contributed by atoms with Gasteiger partial charge in [0.05, 0.1) is 5.25 Å². The van der Waals surface area contributed by atoms with Crippen LogP contribution >= 0.6 is 23.3 Å². The minimum atomic E-state index is -4.29. The number of anilines is 2. The van der Waals surface area contributed by atoms with E-state index in [4.69, 9.17) is 5.73 Å². The fourth-order valence-electron chi connectivity index (χ4n) is 1.56. The molecule has 1 heterocycles. The lowest BCUT2D eigenvalue weighted by atomic mass is 10.6. The van der Waals surface area contributed by atoms with Crippen molar-refractivity contribution in [2.24, 2.45) is 0 Å². The zero-order valence-electron chi connectivity index (χ0n) is 10.1. The van der Waals surface area contributed by atoms with Crippen molar-refractivity contribution in [3.8, 4) is 0 Å². The molecule has 1 aromatic heterocycles. The van der Waals surface area contributed by atoms with E-state index in [1.807, 2.05) is 0 Å². The van der Waals surface area contributed by atoms with Crippen molar-refractivity contribution in [1.82, 2.24) is 4.37 Å². The molecule has 2 rings (SSSR count). The smallest absolute Gasteiger partial charge is 0.382 e. The number of nitrogens with two attached hydrogens (primary N) is 1. The van der Waals surface area contributed by atoms with Crippen LogP contribution in [0, 0.1) is 0 Å². The molecule has 3 N–H and O–H groups in total. The Morgan fingerprint density at radius 2 is 2.10 bits per heavy atom.